The van der Waals surface area contributed by atoms with Gasteiger partial charge in [-0.25, -0.2) is 0 Å². The van der Waals surface area contributed by atoms with Crippen molar-refractivity contribution >= 4 is 17.3 Å². The van der Waals surface area contributed by atoms with Crippen LogP contribution in [0, 0.1) is 0 Å². The summed E-state index contributed by atoms with van der Waals surface area (Å²) in [4.78, 5) is 4.76. The molecule has 2 N–H and O–H groups in total. The van der Waals surface area contributed by atoms with E-state index in [2.05, 4.69) is 42.8 Å². The first-order chi connectivity index (χ1) is 8.81. The van der Waals surface area contributed by atoms with Crippen LogP contribution in [0.5, 0.6) is 0 Å². The van der Waals surface area contributed by atoms with Gasteiger partial charge in [0.25, 0.3) is 0 Å². The van der Waals surface area contributed by atoms with E-state index in [0.717, 1.165) is 35.9 Å². The Morgan fingerprint density at radius 1 is 1.32 bits per heavy atom. The maximum atomic E-state index is 6.43. The van der Waals surface area contributed by atoms with Crippen molar-refractivity contribution in [2.45, 2.75) is 32.4 Å². The zero-order valence-electron chi connectivity index (χ0n) is 12.3. The molecule has 3 nitrogen and oxygen atoms in total. The molecule has 1 aromatic carbocycles. The third-order valence-electron chi connectivity index (χ3n) is 4.15. The number of anilines is 1. The van der Waals surface area contributed by atoms with E-state index in [1.165, 1.54) is 0 Å². The summed E-state index contributed by atoms with van der Waals surface area (Å²) in [5.41, 5.74) is 8.26. The second-order valence-corrected chi connectivity index (χ2v) is 6.56. The molecule has 0 bridgehead atoms. The fourth-order valence-electron chi connectivity index (χ4n) is 2.51. The smallest absolute Gasteiger partial charge is 0.0642 e. The van der Waals surface area contributed by atoms with Gasteiger partial charge in [-0.2, -0.15) is 0 Å². The third-order valence-corrected chi connectivity index (χ3v) is 4.46. The van der Waals surface area contributed by atoms with Crippen LogP contribution in [0.25, 0.3) is 0 Å². The Hall–Kier alpha value is -0.770. The normalized spacial score (nSPS) is 21.5. The predicted molar refractivity (Wildman–Crippen MR) is 83.0 cm³/mol. The molecule has 0 aliphatic carbocycles. The Kier molecular flexibility index (Phi) is 4.09. The Morgan fingerprint density at radius 2 is 2.00 bits per heavy atom. The van der Waals surface area contributed by atoms with E-state index in [-0.39, 0.29) is 11.6 Å². The van der Waals surface area contributed by atoms with Gasteiger partial charge in [-0.1, -0.05) is 17.7 Å². The summed E-state index contributed by atoms with van der Waals surface area (Å²) >= 11 is 6.43. The standard InChI is InChI=1S/C15H24ClN3/c1-11(17)12-5-6-14(13(16)9-12)19-8-7-18(4)15(2,3)10-19/h5-6,9,11H,7-8,10,17H2,1-4H3/t11-/m1/s1. The highest BCUT2D eigenvalue weighted by Gasteiger charge is 2.31. The molecular formula is C15H24ClN3. The van der Waals surface area contributed by atoms with Crippen molar-refractivity contribution in [2.75, 3.05) is 31.6 Å². The largest absolute Gasteiger partial charge is 0.367 e. The summed E-state index contributed by atoms with van der Waals surface area (Å²) in [5, 5.41) is 0.801. The van der Waals surface area contributed by atoms with Crippen LogP contribution in [0.2, 0.25) is 5.02 Å². The van der Waals surface area contributed by atoms with E-state index >= 15 is 0 Å². The first kappa shape index (κ1) is 14.6. The van der Waals surface area contributed by atoms with Gasteiger partial charge in [-0.05, 0) is 45.5 Å². The van der Waals surface area contributed by atoms with Gasteiger partial charge in [-0.15, -0.1) is 0 Å². The van der Waals surface area contributed by atoms with Gasteiger partial charge in [0, 0.05) is 31.2 Å². The van der Waals surface area contributed by atoms with Crippen molar-refractivity contribution in [1.82, 2.24) is 4.90 Å². The lowest BCUT2D eigenvalue weighted by Gasteiger charge is -2.46. The molecule has 1 fully saturated rings. The average Bonchev–Trinajstić information content (AvgIpc) is 2.32. The zero-order chi connectivity index (χ0) is 14.2. The van der Waals surface area contributed by atoms with Gasteiger partial charge < -0.3 is 10.6 Å². The Bertz CT molecular complexity index is 457. The van der Waals surface area contributed by atoms with Crippen LogP contribution in [0.3, 0.4) is 0 Å². The van der Waals surface area contributed by atoms with Gasteiger partial charge >= 0.3 is 0 Å². The molecular weight excluding hydrogens is 258 g/mol. The monoisotopic (exact) mass is 281 g/mol. The molecule has 1 atom stereocenters. The van der Waals surface area contributed by atoms with Gasteiger partial charge in [0.1, 0.15) is 0 Å². The van der Waals surface area contributed by atoms with Crippen LogP contribution in [0.4, 0.5) is 5.69 Å². The summed E-state index contributed by atoms with van der Waals surface area (Å²) in [6.45, 7) is 9.56. The van der Waals surface area contributed by atoms with E-state index in [4.69, 9.17) is 17.3 Å². The number of halogens is 1. The van der Waals surface area contributed by atoms with Gasteiger partial charge in [0.2, 0.25) is 0 Å². The second kappa shape index (κ2) is 5.31. The van der Waals surface area contributed by atoms with E-state index in [1.807, 2.05) is 13.0 Å². The topological polar surface area (TPSA) is 32.5 Å². The molecule has 1 aromatic rings. The Balaban J connectivity index is 2.23. The van der Waals surface area contributed by atoms with E-state index in [9.17, 15) is 0 Å². The molecule has 0 amide bonds. The second-order valence-electron chi connectivity index (χ2n) is 6.16. The minimum absolute atomic E-state index is 0.0236. The van der Waals surface area contributed by atoms with Crippen molar-refractivity contribution in [3.63, 3.8) is 0 Å². The number of likely N-dealkylation sites (N-methyl/N-ethyl adjacent to an activating group) is 1. The molecule has 1 aliphatic rings. The maximum absolute atomic E-state index is 6.43. The Labute approximate surface area is 121 Å². The minimum atomic E-state index is 0.0236. The molecule has 0 aromatic heterocycles. The molecule has 1 saturated heterocycles. The lowest BCUT2D eigenvalue weighted by molar-refractivity contribution is 0.139. The summed E-state index contributed by atoms with van der Waals surface area (Å²) in [7, 11) is 2.18. The van der Waals surface area contributed by atoms with Crippen molar-refractivity contribution in [1.29, 1.82) is 0 Å². The number of hydrogen-bond donors (Lipinski definition) is 1. The predicted octanol–water partition coefficient (Wildman–Crippen LogP) is 2.89. The molecule has 0 radical (unpaired) electrons. The fraction of sp³-hybridized carbons (Fsp3) is 0.600. The molecule has 106 valence electrons. The quantitative estimate of drug-likeness (QED) is 0.905. The number of benzene rings is 1. The first-order valence-corrected chi connectivity index (χ1v) is 7.20. The van der Waals surface area contributed by atoms with E-state index in [1.54, 1.807) is 0 Å². The number of nitrogens with zero attached hydrogens (tertiary/aromatic N) is 2. The van der Waals surface area contributed by atoms with Gasteiger partial charge in [0.05, 0.1) is 10.7 Å². The molecule has 1 aliphatic heterocycles. The zero-order valence-corrected chi connectivity index (χ0v) is 13.0. The molecule has 0 saturated carbocycles. The maximum Gasteiger partial charge on any atom is 0.0642 e. The van der Waals surface area contributed by atoms with Crippen molar-refractivity contribution < 1.29 is 0 Å². The fourth-order valence-corrected chi connectivity index (χ4v) is 2.82. The number of nitrogens with two attached hydrogens (primary N) is 1. The third kappa shape index (κ3) is 3.04. The van der Waals surface area contributed by atoms with Crippen molar-refractivity contribution in [3.05, 3.63) is 28.8 Å². The highest BCUT2D eigenvalue weighted by Crippen LogP contribution is 2.31. The van der Waals surface area contributed by atoms with Crippen LogP contribution < -0.4 is 10.6 Å². The summed E-state index contributed by atoms with van der Waals surface area (Å²) in [5.74, 6) is 0. The van der Waals surface area contributed by atoms with Gasteiger partial charge in [0.15, 0.2) is 0 Å². The van der Waals surface area contributed by atoms with Gasteiger partial charge in [-0.3, -0.25) is 4.90 Å². The van der Waals surface area contributed by atoms with E-state index in [0.29, 0.717) is 0 Å². The van der Waals surface area contributed by atoms with Crippen LogP contribution in [0.1, 0.15) is 32.4 Å². The van der Waals surface area contributed by atoms with E-state index < -0.39 is 0 Å². The Morgan fingerprint density at radius 3 is 2.53 bits per heavy atom. The molecule has 4 heteroatoms. The summed E-state index contributed by atoms with van der Waals surface area (Å²) < 4.78 is 0. The number of rotatable bonds is 2. The van der Waals surface area contributed by atoms with Crippen LogP contribution in [-0.2, 0) is 0 Å². The van der Waals surface area contributed by atoms with Crippen LogP contribution in [0.15, 0.2) is 18.2 Å². The molecule has 0 spiro atoms. The van der Waals surface area contributed by atoms with Crippen LogP contribution >= 0.6 is 11.6 Å². The van der Waals surface area contributed by atoms with Crippen molar-refractivity contribution in [3.8, 4) is 0 Å². The minimum Gasteiger partial charge on any atom is -0.367 e. The first-order valence-electron chi connectivity index (χ1n) is 6.82. The number of piperazine rings is 1. The SMILES string of the molecule is C[C@@H](N)c1ccc(N2CCN(C)C(C)(C)C2)c(Cl)c1. The molecule has 2 rings (SSSR count). The lowest BCUT2D eigenvalue weighted by atomic mass is 9.99. The number of hydrogen-bond acceptors (Lipinski definition) is 3. The molecule has 19 heavy (non-hydrogen) atoms. The highest BCUT2D eigenvalue weighted by molar-refractivity contribution is 6.33. The molecule has 1 heterocycles. The molecule has 0 unspecified atom stereocenters. The average molecular weight is 282 g/mol. The lowest BCUT2D eigenvalue weighted by Crippen LogP contribution is -2.57. The van der Waals surface area contributed by atoms with Crippen LogP contribution in [-0.4, -0.2) is 37.1 Å². The highest BCUT2D eigenvalue weighted by atomic mass is 35.5. The summed E-state index contributed by atoms with van der Waals surface area (Å²) in [6, 6.07) is 6.20. The summed E-state index contributed by atoms with van der Waals surface area (Å²) in [6.07, 6.45) is 0. The van der Waals surface area contributed by atoms with Crippen molar-refractivity contribution in [2.24, 2.45) is 5.73 Å².